The van der Waals surface area contributed by atoms with Crippen molar-refractivity contribution in [3.8, 4) is 0 Å². The first-order chi connectivity index (χ1) is 11.5. The van der Waals surface area contributed by atoms with E-state index in [-0.39, 0.29) is 28.6 Å². The van der Waals surface area contributed by atoms with E-state index in [9.17, 15) is 13.2 Å². The summed E-state index contributed by atoms with van der Waals surface area (Å²) in [6.45, 7) is 0.679. The van der Waals surface area contributed by atoms with Crippen molar-refractivity contribution < 1.29 is 13.2 Å². The van der Waals surface area contributed by atoms with Crippen molar-refractivity contribution in [1.82, 2.24) is 9.62 Å². The topological polar surface area (TPSA) is 92.5 Å². The van der Waals surface area contributed by atoms with Gasteiger partial charge in [-0.3, -0.25) is 4.79 Å². The van der Waals surface area contributed by atoms with E-state index in [2.05, 4.69) is 4.72 Å². The zero-order valence-corrected chi connectivity index (χ0v) is 14.6. The Morgan fingerprint density at radius 3 is 2.62 bits per heavy atom. The molecular weight excluding hydrogens is 346 g/mol. The molecule has 128 valence electrons. The lowest BCUT2D eigenvalue weighted by Gasteiger charge is -2.16. The smallest absolute Gasteiger partial charge is 0.250 e. The molecule has 1 fully saturated rings. The van der Waals surface area contributed by atoms with E-state index >= 15 is 0 Å². The van der Waals surface area contributed by atoms with Gasteiger partial charge >= 0.3 is 0 Å². The van der Waals surface area contributed by atoms with Crippen molar-refractivity contribution in [2.45, 2.75) is 16.2 Å². The fourth-order valence-corrected chi connectivity index (χ4v) is 4.85. The van der Waals surface area contributed by atoms with Crippen molar-refractivity contribution in [2.75, 3.05) is 19.6 Å². The third-order valence-corrected chi connectivity index (χ3v) is 6.92. The van der Waals surface area contributed by atoms with Crippen LogP contribution >= 0.6 is 11.3 Å². The van der Waals surface area contributed by atoms with E-state index in [0.717, 1.165) is 16.9 Å². The standard InChI is InChI=1S/C16H19N3O3S2/c17-14-11-19(10-13(14)12-5-2-1-3-6-12)15(20)9-18-24(21,22)16-7-4-8-23-16/h1-8,13-14,18H,9-11,17H2/t13-,14+/m0/s1. The van der Waals surface area contributed by atoms with Crippen LogP contribution in [0.4, 0.5) is 0 Å². The van der Waals surface area contributed by atoms with Gasteiger partial charge in [-0.25, -0.2) is 13.1 Å². The Balaban J connectivity index is 1.61. The van der Waals surface area contributed by atoms with Gasteiger partial charge in [0.25, 0.3) is 10.0 Å². The largest absolute Gasteiger partial charge is 0.339 e. The van der Waals surface area contributed by atoms with Crippen LogP contribution < -0.4 is 10.5 Å². The number of rotatable bonds is 5. The summed E-state index contributed by atoms with van der Waals surface area (Å²) in [5.74, 6) is -0.187. The van der Waals surface area contributed by atoms with Crippen LogP contribution in [0.1, 0.15) is 11.5 Å². The number of hydrogen-bond acceptors (Lipinski definition) is 5. The van der Waals surface area contributed by atoms with Crippen LogP contribution in [0.2, 0.25) is 0 Å². The molecule has 1 aliphatic rings. The lowest BCUT2D eigenvalue weighted by atomic mass is 9.95. The molecule has 1 saturated heterocycles. The minimum Gasteiger partial charge on any atom is -0.339 e. The highest BCUT2D eigenvalue weighted by atomic mass is 32.2. The van der Waals surface area contributed by atoms with Crippen molar-refractivity contribution in [3.63, 3.8) is 0 Å². The first-order valence-electron chi connectivity index (χ1n) is 7.59. The van der Waals surface area contributed by atoms with Crippen LogP contribution in [0.25, 0.3) is 0 Å². The Morgan fingerprint density at radius 1 is 1.21 bits per heavy atom. The number of thiophene rings is 1. The molecule has 1 aromatic heterocycles. The number of likely N-dealkylation sites (tertiary alicyclic amines) is 1. The third-order valence-electron chi connectivity index (χ3n) is 4.12. The van der Waals surface area contributed by atoms with Gasteiger partial charge in [0.1, 0.15) is 4.21 Å². The summed E-state index contributed by atoms with van der Waals surface area (Å²) in [6, 6.07) is 12.8. The monoisotopic (exact) mass is 365 g/mol. The fourth-order valence-electron chi connectivity index (χ4n) is 2.84. The average Bonchev–Trinajstić information content (AvgIpc) is 3.23. The number of carbonyl (C=O) groups is 1. The van der Waals surface area contributed by atoms with Crippen LogP contribution in [0.15, 0.2) is 52.1 Å². The Morgan fingerprint density at radius 2 is 1.96 bits per heavy atom. The zero-order valence-electron chi connectivity index (χ0n) is 13.0. The summed E-state index contributed by atoms with van der Waals surface area (Å²) in [4.78, 5) is 14.0. The molecule has 0 aliphatic carbocycles. The Labute approximate surface area is 145 Å². The molecule has 0 saturated carbocycles. The highest BCUT2D eigenvalue weighted by molar-refractivity contribution is 7.91. The number of nitrogens with zero attached hydrogens (tertiary/aromatic N) is 1. The van der Waals surface area contributed by atoms with E-state index in [1.165, 1.54) is 6.07 Å². The molecule has 2 aromatic rings. The molecule has 3 rings (SSSR count). The number of benzene rings is 1. The minimum atomic E-state index is -3.63. The first-order valence-corrected chi connectivity index (χ1v) is 9.95. The van der Waals surface area contributed by atoms with Gasteiger partial charge in [-0.05, 0) is 17.0 Å². The lowest BCUT2D eigenvalue weighted by Crippen LogP contribution is -2.39. The number of sulfonamides is 1. The molecule has 2 atom stereocenters. The maximum absolute atomic E-state index is 12.3. The van der Waals surface area contributed by atoms with Crippen molar-refractivity contribution in [2.24, 2.45) is 5.73 Å². The summed E-state index contributed by atoms with van der Waals surface area (Å²) in [5, 5.41) is 1.68. The van der Waals surface area contributed by atoms with Gasteiger partial charge < -0.3 is 10.6 Å². The SMILES string of the molecule is N[C@@H]1CN(C(=O)CNS(=O)(=O)c2cccs2)C[C@H]1c1ccccc1. The molecule has 1 aliphatic heterocycles. The van der Waals surface area contributed by atoms with Gasteiger partial charge in [0.2, 0.25) is 5.91 Å². The van der Waals surface area contributed by atoms with Gasteiger partial charge in [0, 0.05) is 25.0 Å². The normalized spacial score (nSPS) is 21.1. The molecule has 1 aromatic carbocycles. The highest BCUT2D eigenvalue weighted by Crippen LogP contribution is 2.26. The van der Waals surface area contributed by atoms with Gasteiger partial charge in [-0.2, -0.15) is 0 Å². The van der Waals surface area contributed by atoms with E-state index in [0.29, 0.717) is 13.1 Å². The summed E-state index contributed by atoms with van der Waals surface area (Å²) in [5.41, 5.74) is 7.26. The van der Waals surface area contributed by atoms with Gasteiger partial charge in [-0.15, -0.1) is 11.3 Å². The Bertz CT molecular complexity index is 791. The highest BCUT2D eigenvalue weighted by Gasteiger charge is 2.34. The summed E-state index contributed by atoms with van der Waals surface area (Å²) < 4.78 is 26.7. The van der Waals surface area contributed by atoms with Crippen molar-refractivity contribution in [1.29, 1.82) is 0 Å². The van der Waals surface area contributed by atoms with Crippen LogP contribution in [-0.4, -0.2) is 44.9 Å². The van der Waals surface area contributed by atoms with Gasteiger partial charge in [0.15, 0.2) is 0 Å². The Kier molecular flexibility index (Phi) is 5.00. The van der Waals surface area contributed by atoms with E-state index in [1.54, 1.807) is 16.3 Å². The molecule has 0 bridgehead atoms. The molecule has 2 heterocycles. The third kappa shape index (κ3) is 3.67. The zero-order chi connectivity index (χ0) is 17.2. The van der Waals surface area contributed by atoms with Crippen LogP contribution in [0, 0.1) is 0 Å². The molecule has 24 heavy (non-hydrogen) atoms. The van der Waals surface area contributed by atoms with Crippen molar-refractivity contribution in [3.05, 3.63) is 53.4 Å². The van der Waals surface area contributed by atoms with Gasteiger partial charge in [-0.1, -0.05) is 36.4 Å². The molecule has 0 spiro atoms. The molecule has 0 radical (unpaired) electrons. The van der Waals surface area contributed by atoms with Crippen LogP contribution in [-0.2, 0) is 14.8 Å². The second kappa shape index (κ2) is 7.02. The predicted molar refractivity (Wildman–Crippen MR) is 93.2 cm³/mol. The molecule has 1 amide bonds. The van der Waals surface area contributed by atoms with Crippen LogP contribution in [0.5, 0.6) is 0 Å². The summed E-state index contributed by atoms with van der Waals surface area (Å²) >= 11 is 1.12. The number of nitrogens with two attached hydrogens (primary N) is 1. The molecular formula is C16H19N3O3S2. The van der Waals surface area contributed by atoms with Gasteiger partial charge in [0.05, 0.1) is 6.54 Å². The predicted octanol–water partition coefficient (Wildman–Crippen LogP) is 0.980. The molecule has 3 N–H and O–H groups in total. The molecule has 8 heteroatoms. The Hall–Kier alpha value is -1.74. The number of carbonyl (C=O) groups excluding carboxylic acids is 1. The quantitative estimate of drug-likeness (QED) is 0.826. The number of amides is 1. The number of nitrogens with one attached hydrogen (secondary N) is 1. The van der Waals surface area contributed by atoms with E-state index < -0.39 is 10.0 Å². The van der Waals surface area contributed by atoms with E-state index in [1.807, 2.05) is 30.3 Å². The fraction of sp³-hybridized carbons (Fsp3) is 0.312. The average molecular weight is 365 g/mol. The number of hydrogen-bond donors (Lipinski definition) is 2. The second-order valence-corrected chi connectivity index (χ2v) is 8.68. The second-order valence-electron chi connectivity index (χ2n) is 5.74. The maximum Gasteiger partial charge on any atom is 0.250 e. The summed E-state index contributed by atoms with van der Waals surface area (Å²) in [7, 11) is -3.63. The lowest BCUT2D eigenvalue weighted by molar-refractivity contribution is -0.128. The maximum atomic E-state index is 12.3. The molecule has 0 unspecified atom stereocenters. The minimum absolute atomic E-state index is 0.0732. The first kappa shape index (κ1) is 17.1. The molecule has 6 nitrogen and oxygen atoms in total. The summed E-state index contributed by atoms with van der Waals surface area (Å²) in [6.07, 6.45) is 0. The van der Waals surface area contributed by atoms with Crippen molar-refractivity contribution >= 4 is 27.3 Å². The van der Waals surface area contributed by atoms with Crippen LogP contribution in [0.3, 0.4) is 0 Å². The van der Waals surface area contributed by atoms with E-state index in [4.69, 9.17) is 5.73 Å².